The molecule has 0 amide bonds. The third-order valence-electron chi connectivity index (χ3n) is 3.47. The lowest BCUT2D eigenvalue weighted by molar-refractivity contribution is 0.159. The quantitative estimate of drug-likeness (QED) is 0.721. The van der Waals surface area contributed by atoms with Crippen molar-refractivity contribution in [2.75, 3.05) is 33.8 Å². The number of rotatable bonds is 8. The molecule has 1 aromatic rings. The molecule has 4 heteroatoms. The molecule has 1 aromatic heterocycles. The van der Waals surface area contributed by atoms with Gasteiger partial charge >= 0.3 is 0 Å². The van der Waals surface area contributed by atoms with E-state index >= 15 is 0 Å². The number of aromatic nitrogens is 1. The lowest BCUT2D eigenvalue weighted by Gasteiger charge is -2.29. The molecule has 0 aliphatic carbocycles. The Balaban J connectivity index is 2.28. The average molecular weight is 251 g/mol. The van der Waals surface area contributed by atoms with Crippen LogP contribution in [0.2, 0.25) is 0 Å². The molecule has 0 radical (unpaired) electrons. The number of aliphatic hydroxyl groups excluding tert-OH is 1. The summed E-state index contributed by atoms with van der Waals surface area (Å²) in [4.78, 5) is 6.59. The summed E-state index contributed by atoms with van der Waals surface area (Å²) in [7, 11) is 4.00. The van der Waals surface area contributed by atoms with Crippen LogP contribution in [0.25, 0.3) is 0 Å². The molecule has 0 spiro atoms. The first-order valence-corrected chi connectivity index (χ1v) is 6.48. The Labute approximate surface area is 110 Å². The molecule has 0 aliphatic rings. The molecule has 18 heavy (non-hydrogen) atoms. The van der Waals surface area contributed by atoms with Crippen molar-refractivity contribution in [3.8, 4) is 0 Å². The van der Waals surface area contributed by atoms with Crippen LogP contribution in [0.3, 0.4) is 0 Å². The van der Waals surface area contributed by atoms with Gasteiger partial charge in [-0.25, -0.2) is 0 Å². The molecule has 2 N–H and O–H groups in total. The van der Waals surface area contributed by atoms with Crippen LogP contribution in [0.4, 0.5) is 0 Å². The summed E-state index contributed by atoms with van der Waals surface area (Å²) in [5, 5.41) is 12.5. The van der Waals surface area contributed by atoms with E-state index in [9.17, 15) is 5.11 Å². The van der Waals surface area contributed by atoms with Gasteiger partial charge in [-0.15, -0.1) is 0 Å². The Morgan fingerprint density at radius 2 is 2.17 bits per heavy atom. The first-order valence-electron chi connectivity index (χ1n) is 6.48. The average Bonchev–Trinajstić information content (AvgIpc) is 2.43. The topological polar surface area (TPSA) is 48.4 Å². The zero-order chi connectivity index (χ0) is 13.4. The molecule has 4 nitrogen and oxygen atoms in total. The minimum atomic E-state index is -0.181. The second kappa shape index (κ2) is 7.46. The molecule has 0 bridgehead atoms. The maximum Gasteiger partial charge on any atom is 0.0610 e. The molecule has 0 aliphatic heterocycles. The van der Waals surface area contributed by atoms with Gasteiger partial charge in [-0.05, 0) is 46.1 Å². The van der Waals surface area contributed by atoms with Crippen molar-refractivity contribution in [1.29, 1.82) is 0 Å². The van der Waals surface area contributed by atoms with Crippen molar-refractivity contribution in [3.63, 3.8) is 0 Å². The number of nitrogens with zero attached hydrogens (tertiary/aromatic N) is 2. The van der Waals surface area contributed by atoms with Gasteiger partial charge in [0, 0.05) is 30.4 Å². The number of hydrogen-bond acceptors (Lipinski definition) is 4. The van der Waals surface area contributed by atoms with Crippen LogP contribution in [0, 0.1) is 0 Å². The highest BCUT2D eigenvalue weighted by atomic mass is 16.3. The van der Waals surface area contributed by atoms with E-state index in [1.165, 1.54) is 0 Å². The molecule has 0 aromatic carbocycles. The summed E-state index contributed by atoms with van der Waals surface area (Å²) in [6.07, 6.45) is 3.73. The van der Waals surface area contributed by atoms with Gasteiger partial charge in [-0.2, -0.15) is 0 Å². The SMILES string of the molecule is CNC(C)(CO)CCN(C)CCc1ccccn1. The second-order valence-corrected chi connectivity index (χ2v) is 5.09. The Kier molecular flexibility index (Phi) is 6.25. The van der Waals surface area contributed by atoms with Gasteiger partial charge in [0.25, 0.3) is 0 Å². The van der Waals surface area contributed by atoms with Crippen molar-refractivity contribution in [2.24, 2.45) is 0 Å². The minimum Gasteiger partial charge on any atom is -0.394 e. The zero-order valence-corrected chi connectivity index (χ0v) is 11.7. The van der Waals surface area contributed by atoms with Crippen LogP contribution in [-0.2, 0) is 6.42 Å². The predicted octanol–water partition coefficient (Wildman–Crippen LogP) is 0.916. The summed E-state index contributed by atoms with van der Waals surface area (Å²) in [6.45, 7) is 4.16. The molecule has 102 valence electrons. The van der Waals surface area contributed by atoms with E-state index in [1.54, 1.807) is 0 Å². The largest absolute Gasteiger partial charge is 0.394 e. The van der Waals surface area contributed by atoms with Gasteiger partial charge in [0.05, 0.1) is 6.61 Å². The summed E-state index contributed by atoms with van der Waals surface area (Å²) < 4.78 is 0. The molecule has 0 saturated carbocycles. The van der Waals surface area contributed by atoms with Crippen LogP contribution in [0.15, 0.2) is 24.4 Å². The third kappa shape index (κ3) is 5.12. The second-order valence-electron chi connectivity index (χ2n) is 5.09. The minimum absolute atomic E-state index is 0.164. The van der Waals surface area contributed by atoms with Crippen molar-refractivity contribution in [2.45, 2.75) is 25.3 Å². The Morgan fingerprint density at radius 3 is 2.72 bits per heavy atom. The van der Waals surface area contributed by atoms with Gasteiger partial charge in [0.2, 0.25) is 0 Å². The van der Waals surface area contributed by atoms with E-state index in [2.05, 4.69) is 28.3 Å². The summed E-state index contributed by atoms with van der Waals surface area (Å²) >= 11 is 0. The van der Waals surface area contributed by atoms with Crippen molar-refractivity contribution in [3.05, 3.63) is 30.1 Å². The fourth-order valence-corrected chi connectivity index (χ4v) is 1.68. The summed E-state index contributed by atoms with van der Waals surface area (Å²) in [5.74, 6) is 0. The van der Waals surface area contributed by atoms with Crippen LogP contribution < -0.4 is 5.32 Å². The maximum atomic E-state index is 9.32. The molecule has 0 saturated heterocycles. The van der Waals surface area contributed by atoms with E-state index in [0.717, 1.165) is 31.6 Å². The summed E-state index contributed by atoms with van der Waals surface area (Å²) in [6, 6.07) is 6.01. The van der Waals surface area contributed by atoms with Crippen LogP contribution in [-0.4, -0.2) is 54.3 Å². The fraction of sp³-hybridized carbons (Fsp3) is 0.643. The number of pyridine rings is 1. The predicted molar refractivity (Wildman–Crippen MR) is 74.6 cm³/mol. The molecular formula is C14H25N3O. The van der Waals surface area contributed by atoms with Gasteiger partial charge < -0.3 is 15.3 Å². The Morgan fingerprint density at radius 1 is 1.39 bits per heavy atom. The zero-order valence-electron chi connectivity index (χ0n) is 11.7. The lowest BCUT2D eigenvalue weighted by Crippen LogP contribution is -2.45. The summed E-state index contributed by atoms with van der Waals surface area (Å²) in [5.41, 5.74) is 0.946. The number of hydrogen-bond donors (Lipinski definition) is 2. The lowest BCUT2D eigenvalue weighted by atomic mass is 9.99. The van der Waals surface area contributed by atoms with Gasteiger partial charge in [-0.1, -0.05) is 6.07 Å². The van der Waals surface area contributed by atoms with E-state index < -0.39 is 0 Å². The van der Waals surface area contributed by atoms with Crippen LogP contribution in [0.5, 0.6) is 0 Å². The smallest absolute Gasteiger partial charge is 0.0610 e. The van der Waals surface area contributed by atoms with Crippen LogP contribution in [0.1, 0.15) is 19.0 Å². The normalized spacial score (nSPS) is 14.7. The van der Waals surface area contributed by atoms with Gasteiger partial charge in [0.1, 0.15) is 0 Å². The molecule has 1 atom stereocenters. The van der Waals surface area contributed by atoms with E-state index in [-0.39, 0.29) is 12.1 Å². The molecular weight excluding hydrogens is 226 g/mol. The first-order chi connectivity index (χ1) is 8.59. The number of nitrogens with one attached hydrogen (secondary N) is 1. The van der Waals surface area contributed by atoms with E-state index in [0.29, 0.717) is 0 Å². The molecule has 0 fully saturated rings. The van der Waals surface area contributed by atoms with Crippen molar-refractivity contribution < 1.29 is 5.11 Å². The molecule has 1 unspecified atom stereocenters. The Hall–Kier alpha value is -0.970. The van der Waals surface area contributed by atoms with E-state index in [4.69, 9.17) is 0 Å². The van der Waals surface area contributed by atoms with Crippen molar-refractivity contribution in [1.82, 2.24) is 15.2 Å². The van der Waals surface area contributed by atoms with Gasteiger partial charge in [-0.3, -0.25) is 4.98 Å². The van der Waals surface area contributed by atoms with E-state index in [1.807, 2.05) is 32.3 Å². The standard InChI is InChI=1S/C14H25N3O/c1-14(12-18,15-2)8-11-17(3)10-7-13-6-4-5-9-16-13/h4-6,9,15,18H,7-8,10-12H2,1-3H3. The monoisotopic (exact) mass is 251 g/mol. The molecule has 1 heterocycles. The molecule has 1 rings (SSSR count). The highest BCUT2D eigenvalue weighted by molar-refractivity contribution is 5.03. The van der Waals surface area contributed by atoms with Crippen LogP contribution >= 0.6 is 0 Å². The highest BCUT2D eigenvalue weighted by Crippen LogP contribution is 2.08. The maximum absolute atomic E-state index is 9.32. The van der Waals surface area contributed by atoms with Crippen molar-refractivity contribution >= 4 is 0 Å². The fourth-order valence-electron chi connectivity index (χ4n) is 1.68. The van der Waals surface area contributed by atoms with Gasteiger partial charge in [0.15, 0.2) is 0 Å². The number of likely N-dealkylation sites (N-methyl/N-ethyl adjacent to an activating group) is 2. The Bertz CT molecular complexity index is 325. The number of aliphatic hydroxyl groups is 1. The first kappa shape index (κ1) is 15.1. The third-order valence-corrected chi connectivity index (χ3v) is 3.47. The highest BCUT2D eigenvalue weighted by Gasteiger charge is 2.20.